The molecule has 8 nitrogen and oxygen atoms in total. The molecule has 0 saturated heterocycles. The molecule has 0 radical (unpaired) electrons. The number of aromatic nitrogens is 5. The normalized spacial score (nSPS) is 14.6. The predicted molar refractivity (Wildman–Crippen MR) is 160 cm³/mol. The Bertz CT molecular complexity index is 1660. The number of hydrogen-bond donors (Lipinski definition) is 1. The number of benzene rings is 3. The lowest BCUT2D eigenvalue weighted by molar-refractivity contribution is 0.190. The van der Waals surface area contributed by atoms with E-state index < -0.39 is 6.04 Å². The number of hydrogen-bond acceptors (Lipinski definition) is 6. The van der Waals surface area contributed by atoms with Crippen LogP contribution in [-0.2, 0) is 13.1 Å². The Morgan fingerprint density at radius 2 is 1.71 bits per heavy atom. The quantitative estimate of drug-likeness (QED) is 0.226. The molecule has 0 amide bonds. The first-order valence-electron chi connectivity index (χ1n) is 14.5. The monoisotopic (exact) mass is 548 g/mol. The molecule has 0 aliphatic heterocycles. The van der Waals surface area contributed by atoms with Gasteiger partial charge in [0.15, 0.2) is 5.82 Å². The average Bonchev–Trinajstić information content (AvgIpc) is 3.69. The van der Waals surface area contributed by atoms with Crippen molar-refractivity contribution in [2.45, 2.75) is 64.7 Å². The number of rotatable bonds is 10. The minimum absolute atomic E-state index is 0.123. The van der Waals surface area contributed by atoms with Crippen LogP contribution in [0.4, 0.5) is 0 Å². The van der Waals surface area contributed by atoms with Gasteiger partial charge in [-0.3, -0.25) is 9.69 Å². The van der Waals surface area contributed by atoms with Crippen molar-refractivity contribution < 1.29 is 4.74 Å². The SMILES string of the molecule is CCOc1ccc(CN(Cc2ccccc2)[C@H](c2cc3cccc(C)c3[nH]c2=O)c2nnnn2C2CCCC2)cc1. The number of nitrogens with zero attached hydrogens (tertiary/aromatic N) is 5. The van der Waals surface area contributed by atoms with Crippen molar-refractivity contribution in [3.8, 4) is 5.75 Å². The average molecular weight is 549 g/mol. The number of fused-ring (bicyclic) bond motifs is 1. The highest BCUT2D eigenvalue weighted by Crippen LogP contribution is 2.35. The van der Waals surface area contributed by atoms with Crippen LogP contribution in [0.1, 0.15) is 72.8 Å². The first-order valence-corrected chi connectivity index (χ1v) is 14.5. The molecule has 8 heteroatoms. The van der Waals surface area contributed by atoms with E-state index in [4.69, 9.17) is 4.74 Å². The summed E-state index contributed by atoms with van der Waals surface area (Å²) < 4.78 is 7.67. The third kappa shape index (κ3) is 5.79. The lowest BCUT2D eigenvalue weighted by Gasteiger charge is -2.32. The second kappa shape index (κ2) is 12.1. The molecular formula is C33H36N6O2. The van der Waals surface area contributed by atoms with Gasteiger partial charge in [-0.15, -0.1) is 5.10 Å². The molecular weight excluding hydrogens is 512 g/mol. The molecule has 1 atom stereocenters. The topological polar surface area (TPSA) is 88.9 Å². The summed E-state index contributed by atoms with van der Waals surface area (Å²) in [4.78, 5) is 19.4. The number of nitrogens with one attached hydrogen (secondary N) is 1. The van der Waals surface area contributed by atoms with Gasteiger partial charge in [0.1, 0.15) is 11.8 Å². The molecule has 0 spiro atoms. The van der Waals surface area contributed by atoms with E-state index in [0.717, 1.165) is 59.0 Å². The molecule has 0 bridgehead atoms. The fraction of sp³-hybridized carbons (Fsp3) is 0.333. The third-order valence-corrected chi connectivity index (χ3v) is 8.06. The third-order valence-electron chi connectivity index (χ3n) is 8.06. The summed E-state index contributed by atoms with van der Waals surface area (Å²) in [7, 11) is 0. The maximum atomic E-state index is 13.9. The van der Waals surface area contributed by atoms with Gasteiger partial charge in [-0.2, -0.15) is 0 Å². The lowest BCUT2D eigenvalue weighted by atomic mass is 10.00. The molecule has 210 valence electrons. The van der Waals surface area contributed by atoms with Crippen molar-refractivity contribution in [3.63, 3.8) is 0 Å². The molecule has 5 aromatic rings. The highest BCUT2D eigenvalue weighted by atomic mass is 16.5. The molecule has 0 unspecified atom stereocenters. The Labute approximate surface area is 240 Å². The molecule has 3 aromatic carbocycles. The van der Waals surface area contributed by atoms with Crippen LogP contribution in [0.25, 0.3) is 10.9 Å². The Hall–Kier alpha value is -4.30. The molecule has 41 heavy (non-hydrogen) atoms. The van der Waals surface area contributed by atoms with Crippen molar-refractivity contribution in [1.29, 1.82) is 0 Å². The van der Waals surface area contributed by atoms with E-state index in [0.29, 0.717) is 31.1 Å². The number of pyridine rings is 1. The largest absolute Gasteiger partial charge is 0.494 e. The molecule has 2 aromatic heterocycles. The van der Waals surface area contributed by atoms with Gasteiger partial charge in [0.25, 0.3) is 5.56 Å². The minimum atomic E-state index is -0.467. The molecule has 1 aliphatic rings. The van der Waals surface area contributed by atoms with Crippen LogP contribution in [0.2, 0.25) is 0 Å². The number of tetrazole rings is 1. The van der Waals surface area contributed by atoms with Crippen molar-refractivity contribution in [2.24, 2.45) is 0 Å². The first kappa shape index (κ1) is 26.9. The summed E-state index contributed by atoms with van der Waals surface area (Å²) in [5.41, 5.74) is 4.67. The van der Waals surface area contributed by atoms with E-state index in [2.05, 4.69) is 49.7 Å². The number of aryl methyl sites for hydroxylation is 1. The summed E-state index contributed by atoms with van der Waals surface area (Å²) in [6.07, 6.45) is 4.39. The number of aromatic amines is 1. The van der Waals surface area contributed by atoms with E-state index in [1.165, 1.54) is 0 Å². The summed E-state index contributed by atoms with van der Waals surface area (Å²) in [6, 6.07) is 26.4. The summed E-state index contributed by atoms with van der Waals surface area (Å²) >= 11 is 0. The van der Waals surface area contributed by atoms with E-state index in [9.17, 15) is 4.79 Å². The van der Waals surface area contributed by atoms with Crippen molar-refractivity contribution >= 4 is 10.9 Å². The zero-order chi connectivity index (χ0) is 28.2. The standard InChI is InChI=1S/C33H36N6O2/c1-3-41-28-18-16-25(17-19-28)22-38(21-24-11-5-4-6-12-24)31(32-35-36-37-39(32)27-14-7-8-15-27)29-20-26-13-9-10-23(2)30(26)34-33(29)40/h4-6,9-13,16-20,27,31H,3,7-8,14-15,21-22H2,1-2H3,(H,34,40)/t31-/m1/s1. The number of H-pyrrole nitrogens is 1. The van der Waals surface area contributed by atoms with Crippen molar-refractivity contribution in [1.82, 2.24) is 30.1 Å². The van der Waals surface area contributed by atoms with Crippen LogP contribution in [-0.4, -0.2) is 36.7 Å². The number of para-hydroxylation sites is 1. The molecule has 1 N–H and O–H groups in total. The Kier molecular flexibility index (Phi) is 7.91. The summed E-state index contributed by atoms with van der Waals surface area (Å²) in [5.74, 6) is 1.55. The van der Waals surface area contributed by atoms with Crippen molar-refractivity contribution in [3.05, 3.63) is 117 Å². The first-order chi connectivity index (χ1) is 20.1. The van der Waals surface area contributed by atoms with Gasteiger partial charge in [-0.1, -0.05) is 73.5 Å². The highest BCUT2D eigenvalue weighted by Gasteiger charge is 2.33. The Morgan fingerprint density at radius 3 is 2.44 bits per heavy atom. The predicted octanol–water partition coefficient (Wildman–Crippen LogP) is 6.13. The van der Waals surface area contributed by atoms with Crippen LogP contribution < -0.4 is 10.3 Å². The Balaban J connectivity index is 1.51. The summed E-state index contributed by atoms with van der Waals surface area (Å²) in [5, 5.41) is 14.2. The zero-order valence-corrected chi connectivity index (χ0v) is 23.7. The van der Waals surface area contributed by atoms with Crippen molar-refractivity contribution in [2.75, 3.05) is 6.61 Å². The molecule has 1 fully saturated rings. The fourth-order valence-electron chi connectivity index (χ4n) is 6.04. The van der Waals surface area contributed by atoms with E-state index in [1.54, 1.807) is 0 Å². The van der Waals surface area contributed by atoms with Gasteiger partial charge in [0.2, 0.25) is 0 Å². The van der Waals surface area contributed by atoms with Crippen LogP contribution in [0.3, 0.4) is 0 Å². The van der Waals surface area contributed by atoms with Gasteiger partial charge >= 0.3 is 0 Å². The van der Waals surface area contributed by atoms with Gasteiger partial charge < -0.3 is 9.72 Å². The zero-order valence-electron chi connectivity index (χ0n) is 23.7. The van der Waals surface area contributed by atoms with Crippen LogP contribution in [0.5, 0.6) is 5.75 Å². The summed E-state index contributed by atoms with van der Waals surface area (Å²) in [6.45, 7) is 5.83. The van der Waals surface area contributed by atoms with Crippen LogP contribution in [0, 0.1) is 6.92 Å². The maximum absolute atomic E-state index is 13.9. The van der Waals surface area contributed by atoms with Crippen LogP contribution >= 0.6 is 0 Å². The van der Waals surface area contributed by atoms with Crippen LogP contribution in [0.15, 0.2) is 83.7 Å². The van der Waals surface area contributed by atoms with Gasteiger partial charge in [-0.05, 0) is 77.4 Å². The smallest absolute Gasteiger partial charge is 0.253 e. The lowest BCUT2D eigenvalue weighted by Crippen LogP contribution is -2.35. The Morgan fingerprint density at radius 1 is 0.976 bits per heavy atom. The minimum Gasteiger partial charge on any atom is -0.494 e. The van der Waals surface area contributed by atoms with E-state index >= 15 is 0 Å². The van der Waals surface area contributed by atoms with E-state index in [1.807, 2.05) is 73.1 Å². The molecule has 6 rings (SSSR count). The van der Waals surface area contributed by atoms with Gasteiger partial charge in [0, 0.05) is 18.7 Å². The van der Waals surface area contributed by atoms with E-state index in [-0.39, 0.29) is 11.6 Å². The number of ether oxygens (including phenoxy) is 1. The second-order valence-electron chi connectivity index (χ2n) is 10.9. The second-order valence-corrected chi connectivity index (χ2v) is 10.9. The molecule has 1 aliphatic carbocycles. The highest BCUT2D eigenvalue weighted by molar-refractivity contribution is 5.82. The maximum Gasteiger partial charge on any atom is 0.253 e. The molecule has 2 heterocycles. The fourth-order valence-corrected chi connectivity index (χ4v) is 6.04. The molecule has 1 saturated carbocycles. The van der Waals surface area contributed by atoms with Gasteiger partial charge in [-0.25, -0.2) is 4.68 Å². The van der Waals surface area contributed by atoms with Gasteiger partial charge in [0.05, 0.1) is 18.2 Å².